The minimum Gasteiger partial charge on any atom is -1.00 e. The molecule has 0 radical (unpaired) electrons. The van der Waals surface area contributed by atoms with Crippen molar-refractivity contribution in [2.24, 2.45) is 0 Å². The monoisotopic (exact) mass is 444 g/mol. The van der Waals surface area contributed by atoms with Crippen LogP contribution in [0.2, 0.25) is 0 Å². The molecule has 5 heteroatoms. The molecule has 0 heterocycles. The highest BCUT2D eigenvalue weighted by Gasteiger charge is 2.44. The van der Waals surface area contributed by atoms with Crippen LogP contribution < -0.4 is 32.9 Å². The van der Waals surface area contributed by atoms with Gasteiger partial charge in [-0.3, -0.25) is 0 Å². The number of rotatable bonds is 8. The standard InChI is InChI=1S/C22H21O3P.BrH/c23-22(24)18-25-16-17-26(19-10-4-1-5-11-19,20-12-6-2-7-13-20)21-14-8-3-9-15-21;/h1-15H,16-18H2;1H. The van der Waals surface area contributed by atoms with Gasteiger partial charge in [0.1, 0.15) is 29.8 Å². The summed E-state index contributed by atoms with van der Waals surface area (Å²) in [6, 6.07) is 31.5. The minimum absolute atomic E-state index is 0. The van der Waals surface area contributed by atoms with Crippen molar-refractivity contribution in [1.29, 1.82) is 0 Å². The molecule has 0 saturated carbocycles. The topological polar surface area (TPSA) is 46.5 Å². The summed E-state index contributed by atoms with van der Waals surface area (Å²) in [6.07, 6.45) is 0.762. The zero-order chi connectivity index (χ0) is 18.2. The molecule has 0 atom stereocenters. The average molecular weight is 445 g/mol. The van der Waals surface area contributed by atoms with Crippen molar-refractivity contribution in [2.75, 3.05) is 19.4 Å². The van der Waals surface area contributed by atoms with Gasteiger partial charge in [0.2, 0.25) is 0 Å². The first kappa shape index (κ1) is 21.3. The number of carboxylic acids is 1. The molecule has 3 rings (SSSR count). The van der Waals surface area contributed by atoms with E-state index >= 15 is 0 Å². The number of aliphatic carboxylic acids is 1. The summed E-state index contributed by atoms with van der Waals surface area (Å²) in [4.78, 5) is 10.8. The van der Waals surface area contributed by atoms with Crippen LogP contribution in [0.3, 0.4) is 0 Å². The molecule has 27 heavy (non-hydrogen) atoms. The lowest BCUT2D eigenvalue weighted by atomic mass is 10.4. The van der Waals surface area contributed by atoms with Crippen LogP contribution in [0.4, 0.5) is 0 Å². The summed E-state index contributed by atoms with van der Waals surface area (Å²) < 4.78 is 5.44. The quantitative estimate of drug-likeness (QED) is 0.395. The highest BCUT2D eigenvalue weighted by atomic mass is 79.9. The average Bonchev–Trinajstić information content (AvgIpc) is 2.70. The molecule has 0 aliphatic carbocycles. The number of benzene rings is 3. The Balaban J connectivity index is 0.00000261. The highest BCUT2D eigenvalue weighted by Crippen LogP contribution is 2.54. The fourth-order valence-electron chi connectivity index (χ4n) is 3.24. The molecule has 0 aromatic heterocycles. The van der Waals surface area contributed by atoms with Gasteiger partial charge in [0.05, 0.1) is 12.8 Å². The maximum Gasteiger partial charge on any atom is 0.329 e. The van der Waals surface area contributed by atoms with Crippen molar-refractivity contribution in [3.8, 4) is 0 Å². The Kier molecular flexibility index (Phi) is 8.18. The van der Waals surface area contributed by atoms with Gasteiger partial charge in [0, 0.05) is 0 Å². The molecule has 0 spiro atoms. The van der Waals surface area contributed by atoms with E-state index in [-0.39, 0.29) is 23.6 Å². The Morgan fingerprint density at radius 3 is 1.44 bits per heavy atom. The molecule has 140 valence electrons. The van der Waals surface area contributed by atoms with Crippen molar-refractivity contribution in [3.05, 3.63) is 91.0 Å². The molecule has 1 N–H and O–H groups in total. The molecule has 0 aliphatic heterocycles. The number of carboxylic acid groups (broad SMARTS) is 1. The smallest absolute Gasteiger partial charge is 0.329 e. The van der Waals surface area contributed by atoms with Gasteiger partial charge in [-0.25, -0.2) is 4.79 Å². The third kappa shape index (κ3) is 5.04. The largest absolute Gasteiger partial charge is 1.00 e. The third-order valence-corrected chi connectivity index (χ3v) is 8.78. The lowest BCUT2D eigenvalue weighted by Gasteiger charge is -2.27. The van der Waals surface area contributed by atoms with Gasteiger partial charge in [0.25, 0.3) is 0 Å². The van der Waals surface area contributed by atoms with Crippen molar-refractivity contribution in [2.45, 2.75) is 0 Å². The van der Waals surface area contributed by atoms with E-state index in [0.717, 1.165) is 6.16 Å². The summed E-state index contributed by atoms with van der Waals surface area (Å²) in [5.41, 5.74) is 0. The maximum absolute atomic E-state index is 10.8. The zero-order valence-electron chi connectivity index (χ0n) is 14.9. The molecule has 0 bridgehead atoms. The Labute approximate surface area is 171 Å². The van der Waals surface area contributed by atoms with Crippen molar-refractivity contribution < 1.29 is 31.6 Å². The Bertz CT molecular complexity index is 729. The summed E-state index contributed by atoms with van der Waals surface area (Å²) >= 11 is 0. The van der Waals surface area contributed by atoms with E-state index in [0.29, 0.717) is 6.61 Å². The van der Waals surface area contributed by atoms with Gasteiger partial charge in [-0.1, -0.05) is 54.6 Å². The van der Waals surface area contributed by atoms with Gasteiger partial charge in [-0.15, -0.1) is 0 Å². The van der Waals surface area contributed by atoms with E-state index in [1.54, 1.807) is 0 Å². The molecular formula is C22H22BrO3P. The Hall–Kier alpha value is -2.00. The molecule has 3 aromatic carbocycles. The lowest BCUT2D eigenvalue weighted by Crippen LogP contribution is -3.00. The number of hydrogen-bond donors (Lipinski definition) is 1. The van der Waals surface area contributed by atoms with Crippen LogP contribution in [0, 0.1) is 0 Å². The molecule has 0 aliphatic rings. The van der Waals surface area contributed by atoms with Gasteiger partial charge >= 0.3 is 5.97 Å². The summed E-state index contributed by atoms with van der Waals surface area (Å²) in [5, 5.41) is 12.7. The van der Waals surface area contributed by atoms with E-state index in [9.17, 15) is 4.79 Å². The van der Waals surface area contributed by atoms with Crippen LogP contribution in [-0.2, 0) is 9.53 Å². The van der Waals surface area contributed by atoms with Crippen molar-refractivity contribution >= 4 is 29.1 Å². The van der Waals surface area contributed by atoms with Gasteiger partial charge in [-0.05, 0) is 36.4 Å². The fourth-order valence-corrected chi connectivity index (χ4v) is 7.36. The molecule has 0 amide bonds. The number of hydrogen-bond acceptors (Lipinski definition) is 2. The third-order valence-electron chi connectivity index (χ3n) is 4.39. The molecule has 0 fully saturated rings. The van der Waals surface area contributed by atoms with Crippen LogP contribution in [0.1, 0.15) is 0 Å². The molecule has 3 nitrogen and oxygen atoms in total. The molecule has 0 unspecified atom stereocenters. The van der Waals surface area contributed by atoms with Gasteiger partial charge in [0.15, 0.2) is 0 Å². The van der Waals surface area contributed by atoms with Crippen LogP contribution in [0.5, 0.6) is 0 Å². The second-order valence-electron chi connectivity index (χ2n) is 5.99. The molecular weight excluding hydrogens is 423 g/mol. The van der Waals surface area contributed by atoms with Crippen LogP contribution in [0.15, 0.2) is 91.0 Å². The van der Waals surface area contributed by atoms with Crippen molar-refractivity contribution in [1.82, 2.24) is 0 Å². The van der Waals surface area contributed by atoms with E-state index in [2.05, 4.69) is 72.8 Å². The second-order valence-corrected chi connectivity index (χ2v) is 9.60. The van der Waals surface area contributed by atoms with Crippen LogP contribution >= 0.6 is 7.26 Å². The van der Waals surface area contributed by atoms with E-state index in [4.69, 9.17) is 9.84 Å². The number of halogens is 1. The second kappa shape index (κ2) is 10.4. The molecule has 3 aromatic rings. The summed E-state index contributed by atoms with van der Waals surface area (Å²) in [6.45, 7) is 0.136. The van der Waals surface area contributed by atoms with Crippen molar-refractivity contribution in [3.63, 3.8) is 0 Å². The zero-order valence-corrected chi connectivity index (χ0v) is 17.4. The van der Waals surface area contributed by atoms with E-state index < -0.39 is 13.2 Å². The number of ether oxygens (including phenoxy) is 1. The first-order valence-electron chi connectivity index (χ1n) is 8.58. The van der Waals surface area contributed by atoms with Crippen LogP contribution in [-0.4, -0.2) is 30.5 Å². The Morgan fingerprint density at radius 1 is 0.741 bits per heavy atom. The van der Waals surface area contributed by atoms with E-state index in [1.165, 1.54) is 15.9 Å². The fraction of sp³-hybridized carbons (Fsp3) is 0.136. The first-order valence-corrected chi connectivity index (χ1v) is 10.6. The highest BCUT2D eigenvalue weighted by molar-refractivity contribution is 7.95. The van der Waals surface area contributed by atoms with Gasteiger partial charge < -0.3 is 26.8 Å². The maximum atomic E-state index is 10.8. The lowest BCUT2D eigenvalue weighted by molar-refractivity contribution is -0.142. The predicted octanol–water partition coefficient (Wildman–Crippen LogP) is 0.0857. The van der Waals surface area contributed by atoms with E-state index in [1.807, 2.05) is 18.2 Å². The predicted molar refractivity (Wildman–Crippen MR) is 108 cm³/mol. The molecule has 0 saturated heterocycles. The number of carbonyl (C=O) groups is 1. The summed E-state index contributed by atoms with van der Waals surface area (Å²) in [7, 11) is -1.93. The summed E-state index contributed by atoms with van der Waals surface area (Å²) in [5.74, 6) is -0.937. The van der Waals surface area contributed by atoms with Crippen LogP contribution in [0.25, 0.3) is 0 Å². The van der Waals surface area contributed by atoms with Gasteiger partial charge in [-0.2, -0.15) is 0 Å². The normalized spacial score (nSPS) is 10.8. The first-order chi connectivity index (χ1) is 12.7. The minimum atomic E-state index is -1.93. The Morgan fingerprint density at radius 2 is 1.11 bits per heavy atom. The SMILES string of the molecule is O=C(O)COCC[P+](c1ccccc1)(c1ccccc1)c1ccccc1.[Br-].